The topological polar surface area (TPSA) is 38.1 Å². The smallest absolute Gasteiger partial charge is 0.211 e. The van der Waals surface area contributed by atoms with Crippen molar-refractivity contribution < 1.29 is 4.42 Å². The molecule has 1 unspecified atom stereocenters. The van der Waals surface area contributed by atoms with Crippen LogP contribution in [-0.2, 0) is 6.42 Å². The number of aryl methyl sites for hydroxylation is 1. The van der Waals surface area contributed by atoms with Crippen molar-refractivity contribution in [1.29, 1.82) is 0 Å². The zero-order chi connectivity index (χ0) is 11.4. The van der Waals surface area contributed by atoms with Crippen molar-refractivity contribution in [1.82, 2.24) is 10.3 Å². The lowest BCUT2D eigenvalue weighted by Gasteiger charge is -2.06. The Bertz CT molecular complexity index is 315. The van der Waals surface area contributed by atoms with E-state index in [0.717, 1.165) is 24.0 Å². The number of oxazole rings is 1. The molecule has 0 amide bonds. The molecule has 3 heteroatoms. The maximum atomic E-state index is 5.72. The molecule has 0 spiro atoms. The molecule has 1 aromatic rings. The molecule has 1 fully saturated rings. The maximum absolute atomic E-state index is 5.72. The first kappa shape index (κ1) is 11.6. The quantitative estimate of drug-likeness (QED) is 0.832. The summed E-state index contributed by atoms with van der Waals surface area (Å²) in [5, 5.41) is 3.14. The molecule has 0 bridgehead atoms. The van der Waals surface area contributed by atoms with Gasteiger partial charge < -0.3 is 9.73 Å². The lowest BCUT2D eigenvalue weighted by Crippen LogP contribution is -2.12. The van der Waals surface area contributed by atoms with Gasteiger partial charge in [-0.15, -0.1) is 0 Å². The summed E-state index contributed by atoms with van der Waals surface area (Å²) in [6.45, 7) is 2.06. The Balaban J connectivity index is 1.82. The van der Waals surface area contributed by atoms with Gasteiger partial charge in [-0.05, 0) is 26.3 Å². The summed E-state index contributed by atoms with van der Waals surface area (Å²) in [7, 11) is 1.92. The van der Waals surface area contributed by atoms with Gasteiger partial charge in [0, 0.05) is 6.42 Å². The second kappa shape index (κ2) is 5.48. The highest BCUT2D eigenvalue weighted by Gasteiger charge is 2.16. The van der Waals surface area contributed by atoms with Crippen LogP contribution < -0.4 is 5.32 Å². The van der Waals surface area contributed by atoms with Crippen molar-refractivity contribution in [3.05, 3.63) is 17.8 Å². The number of nitrogens with zero attached hydrogens (tertiary/aromatic N) is 1. The Morgan fingerprint density at radius 1 is 1.50 bits per heavy atom. The molecular weight excluding hydrogens is 200 g/mol. The molecule has 0 radical (unpaired) electrons. The van der Waals surface area contributed by atoms with Gasteiger partial charge in [0.2, 0.25) is 5.89 Å². The fraction of sp³-hybridized carbons (Fsp3) is 0.769. The third kappa shape index (κ3) is 2.85. The lowest BCUT2D eigenvalue weighted by atomic mass is 10.0. The second-order valence-electron chi connectivity index (χ2n) is 4.86. The number of aromatic nitrogens is 1. The van der Waals surface area contributed by atoms with Crippen LogP contribution in [0.1, 0.15) is 56.7 Å². The number of rotatable bonds is 5. The molecule has 2 rings (SSSR count). The van der Waals surface area contributed by atoms with E-state index in [1.807, 2.05) is 13.2 Å². The van der Waals surface area contributed by atoms with Crippen LogP contribution in [0.5, 0.6) is 0 Å². The first-order valence-corrected chi connectivity index (χ1v) is 6.41. The fourth-order valence-corrected chi connectivity index (χ4v) is 2.41. The van der Waals surface area contributed by atoms with Crippen LogP contribution >= 0.6 is 0 Å². The average molecular weight is 222 g/mol. The molecule has 16 heavy (non-hydrogen) atoms. The summed E-state index contributed by atoms with van der Waals surface area (Å²) in [5.41, 5.74) is 0. The summed E-state index contributed by atoms with van der Waals surface area (Å²) in [6, 6.07) is 0.209. The van der Waals surface area contributed by atoms with Crippen LogP contribution in [0, 0.1) is 5.92 Å². The lowest BCUT2D eigenvalue weighted by molar-refractivity contribution is 0.391. The summed E-state index contributed by atoms with van der Waals surface area (Å²) in [5.74, 6) is 2.78. The predicted octanol–water partition coefficient (Wildman–Crippen LogP) is 3.08. The Morgan fingerprint density at radius 2 is 2.25 bits per heavy atom. The monoisotopic (exact) mass is 222 g/mol. The molecule has 1 aromatic heterocycles. The Labute approximate surface area is 97.6 Å². The highest BCUT2D eigenvalue weighted by atomic mass is 16.4. The van der Waals surface area contributed by atoms with E-state index in [1.54, 1.807) is 0 Å². The standard InChI is InChI=1S/C13H22N2O/c1-10(14-2)13-15-9-12(16-13)8-7-11-5-3-4-6-11/h9-11,14H,3-8H2,1-2H3. The Kier molecular flexibility index (Phi) is 3.99. The van der Waals surface area contributed by atoms with Crippen LogP contribution in [0.2, 0.25) is 0 Å². The molecule has 0 aromatic carbocycles. The molecule has 0 aliphatic heterocycles. The molecule has 1 N–H and O–H groups in total. The van der Waals surface area contributed by atoms with E-state index in [1.165, 1.54) is 32.1 Å². The molecule has 0 saturated heterocycles. The zero-order valence-electron chi connectivity index (χ0n) is 10.3. The third-order valence-corrected chi connectivity index (χ3v) is 3.65. The van der Waals surface area contributed by atoms with Crippen molar-refractivity contribution in [2.75, 3.05) is 7.05 Å². The maximum Gasteiger partial charge on any atom is 0.211 e. The average Bonchev–Trinajstić information content (AvgIpc) is 2.96. The highest BCUT2D eigenvalue weighted by Crippen LogP contribution is 2.28. The first-order valence-electron chi connectivity index (χ1n) is 6.41. The number of nitrogens with one attached hydrogen (secondary N) is 1. The van der Waals surface area contributed by atoms with Gasteiger partial charge in [0.25, 0.3) is 0 Å². The van der Waals surface area contributed by atoms with E-state index in [-0.39, 0.29) is 6.04 Å². The molecule has 1 aliphatic rings. The summed E-state index contributed by atoms with van der Waals surface area (Å²) < 4.78 is 5.72. The van der Waals surface area contributed by atoms with Gasteiger partial charge in [0.15, 0.2) is 0 Å². The predicted molar refractivity (Wildman–Crippen MR) is 64.3 cm³/mol. The van der Waals surface area contributed by atoms with E-state index in [4.69, 9.17) is 4.42 Å². The molecular formula is C13H22N2O. The largest absolute Gasteiger partial charge is 0.444 e. The van der Waals surface area contributed by atoms with Crippen molar-refractivity contribution in [3.8, 4) is 0 Å². The number of hydrogen-bond donors (Lipinski definition) is 1. The van der Waals surface area contributed by atoms with E-state index in [9.17, 15) is 0 Å². The van der Waals surface area contributed by atoms with Crippen LogP contribution in [0.25, 0.3) is 0 Å². The molecule has 1 atom stereocenters. The van der Waals surface area contributed by atoms with Crippen molar-refractivity contribution in [3.63, 3.8) is 0 Å². The molecule has 1 saturated carbocycles. The van der Waals surface area contributed by atoms with Gasteiger partial charge in [-0.2, -0.15) is 0 Å². The third-order valence-electron chi connectivity index (χ3n) is 3.65. The zero-order valence-corrected chi connectivity index (χ0v) is 10.3. The highest BCUT2D eigenvalue weighted by molar-refractivity contribution is 4.97. The second-order valence-corrected chi connectivity index (χ2v) is 4.86. The molecule has 1 heterocycles. The van der Waals surface area contributed by atoms with Crippen molar-refractivity contribution in [2.24, 2.45) is 5.92 Å². The van der Waals surface area contributed by atoms with E-state index in [0.29, 0.717) is 0 Å². The number of hydrogen-bond acceptors (Lipinski definition) is 3. The van der Waals surface area contributed by atoms with Crippen LogP contribution in [0.4, 0.5) is 0 Å². The molecule has 1 aliphatic carbocycles. The van der Waals surface area contributed by atoms with Gasteiger partial charge in [-0.3, -0.25) is 0 Å². The van der Waals surface area contributed by atoms with Crippen LogP contribution in [-0.4, -0.2) is 12.0 Å². The normalized spacial score (nSPS) is 19.1. The van der Waals surface area contributed by atoms with Gasteiger partial charge in [-0.1, -0.05) is 25.7 Å². The first-order chi connectivity index (χ1) is 7.79. The Hall–Kier alpha value is -0.830. The van der Waals surface area contributed by atoms with E-state index in [2.05, 4.69) is 17.2 Å². The fourth-order valence-electron chi connectivity index (χ4n) is 2.41. The van der Waals surface area contributed by atoms with Gasteiger partial charge in [0.1, 0.15) is 5.76 Å². The van der Waals surface area contributed by atoms with Crippen molar-refractivity contribution >= 4 is 0 Å². The minimum absolute atomic E-state index is 0.209. The molecule has 90 valence electrons. The summed E-state index contributed by atoms with van der Waals surface area (Å²) >= 11 is 0. The van der Waals surface area contributed by atoms with Gasteiger partial charge in [0.05, 0.1) is 12.2 Å². The minimum atomic E-state index is 0.209. The molecule has 3 nitrogen and oxygen atoms in total. The van der Waals surface area contributed by atoms with E-state index < -0.39 is 0 Å². The minimum Gasteiger partial charge on any atom is -0.444 e. The van der Waals surface area contributed by atoms with Gasteiger partial charge >= 0.3 is 0 Å². The van der Waals surface area contributed by atoms with Crippen LogP contribution in [0.15, 0.2) is 10.6 Å². The van der Waals surface area contributed by atoms with Crippen LogP contribution in [0.3, 0.4) is 0 Å². The van der Waals surface area contributed by atoms with Gasteiger partial charge in [-0.25, -0.2) is 4.98 Å². The van der Waals surface area contributed by atoms with Crippen molar-refractivity contribution in [2.45, 2.75) is 51.5 Å². The summed E-state index contributed by atoms with van der Waals surface area (Å²) in [6.07, 6.45) is 9.86. The SMILES string of the molecule is CNC(C)c1ncc(CCC2CCCC2)o1. The van der Waals surface area contributed by atoms with E-state index >= 15 is 0 Å². The Morgan fingerprint density at radius 3 is 2.94 bits per heavy atom. The summed E-state index contributed by atoms with van der Waals surface area (Å²) in [4.78, 5) is 4.30.